The normalized spacial score (nSPS) is 10.4. The van der Waals surface area contributed by atoms with Crippen LogP contribution in [0.4, 0.5) is 0 Å². The van der Waals surface area contributed by atoms with Gasteiger partial charge in [0.1, 0.15) is 17.4 Å². The highest BCUT2D eigenvalue weighted by Gasteiger charge is 2.14. The van der Waals surface area contributed by atoms with Gasteiger partial charge >= 0.3 is 0 Å². The van der Waals surface area contributed by atoms with Crippen LogP contribution in [0.3, 0.4) is 0 Å². The minimum atomic E-state index is -0.389. The number of hydrogen-bond donors (Lipinski definition) is 1. The van der Waals surface area contributed by atoms with E-state index < -0.39 is 0 Å². The Bertz CT molecular complexity index is 960. The van der Waals surface area contributed by atoms with Gasteiger partial charge in [0.15, 0.2) is 0 Å². The average Bonchev–Trinajstić information content (AvgIpc) is 3.01. The number of aromatic nitrogens is 2. The summed E-state index contributed by atoms with van der Waals surface area (Å²) < 4.78 is 7.32. The van der Waals surface area contributed by atoms with E-state index in [4.69, 9.17) is 4.74 Å². The van der Waals surface area contributed by atoms with Crippen LogP contribution in [0, 0.1) is 11.3 Å². The van der Waals surface area contributed by atoms with Gasteiger partial charge in [-0.3, -0.25) is 4.79 Å². The number of aromatic amines is 1. The molecule has 120 valence electrons. The highest BCUT2D eigenvalue weighted by Crippen LogP contribution is 2.27. The molecule has 0 atom stereocenters. The van der Waals surface area contributed by atoms with Crippen molar-refractivity contribution in [3.63, 3.8) is 0 Å². The van der Waals surface area contributed by atoms with Crippen molar-refractivity contribution >= 4 is 0 Å². The molecule has 0 amide bonds. The minimum absolute atomic E-state index is 0.117. The molecule has 2 aromatic heterocycles. The fourth-order valence-corrected chi connectivity index (χ4v) is 2.67. The van der Waals surface area contributed by atoms with Gasteiger partial charge < -0.3 is 14.3 Å². The Labute approximate surface area is 139 Å². The molecule has 3 rings (SSSR count). The average molecular weight is 319 g/mol. The van der Waals surface area contributed by atoms with E-state index in [1.807, 2.05) is 73.3 Å². The molecule has 0 aliphatic rings. The summed E-state index contributed by atoms with van der Waals surface area (Å²) in [6.07, 6.45) is 1.88. The smallest absolute Gasteiger partial charge is 0.267 e. The fraction of sp³-hybridized carbons (Fsp3) is 0.158. The van der Waals surface area contributed by atoms with Gasteiger partial charge in [-0.25, -0.2) is 0 Å². The first-order chi connectivity index (χ1) is 11.6. The molecular weight excluding hydrogens is 302 g/mol. The molecule has 0 spiro atoms. The number of nitrogens with one attached hydrogen (secondary N) is 1. The topological polar surface area (TPSA) is 70.8 Å². The second-order valence-corrected chi connectivity index (χ2v) is 5.37. The maximum Gasteiger partial charge on any atom is 0.267 e. The van der Waals surface area contributed by atoms with Crippen LogP contribution in [-0.2, 0) is 7.05 Å². The van der Waals surface area contributed by atoms with E-state index in [1.165, 1.54) is 0 Å². The van der Waals surface area contributed by atoms with Gasteiger partial charge in [0, 0.05) is 30.2 Å². The Hall–Kier alpha value is -3.26. The van der Waals surface area contributed by atoms with Crippen molar-refractivity contribution < 1.29 is 4.74 Å². The number of hydrogen-bond acceptors (Lipinski definition) is 3. The summed E-state index contributed by atoms with van der Waals surface area (Å²) in [6, 6.07) is 15.1. The van der Waals surface area contributed by atoms with Crippen LogP contribution < -0.4 is 10.3 Å². The summed E-state index contributed by atoms with van der Waals surface area (Å²) in [6.45, 7) is 2.53. The summed E-state index contributed by atoms with van der Waals surface area (Å²) in [5.41, 5.74) is 2.70. The zero-order valence-corrected chi connectivity index (χ0v) is 13.5. The lowest BCUT2D eigenvalue weighted by molar-refractivity contribution is 0.340. The number of pyridine rings is 1. The number of H-pyrrole nitrogens is 1. The molecule has 0 saturated heterocycles. The highest BCUT2D eigenvalue weighted by atomic mass is 16.5. The van der Waals surface area contributed by atoms with E-state index in [0.717, 1.165) is 17.0 Å². The number of nitrogens with zero attached hydrogens (tertiary/aromatic N) is 2. The van der Waals surface area contributed by atoms with Gasteiger partial charge in [-0.15, -0.1) is 0 Å². The molecule has 5 heteroatoms. The molecule has 1 aromatic carbocycles. The van der Waals surface area contributed by atoms with E-state index in [9.17, 15) is 10.1 Å². The van der Waals surface area contributed by atoms with Gasteiger partial charge in [0.2, 0.25) is 0 Å². The van der Waals surface area contributed by atoms with E-state index in [-0.39, 0.29) is 11.1 Å². The van der Waals surface area contributed by atoms with Crippen LogP contribution in [-0.4, -0.2) is 16.2 Å². The molecule has 2 heterocycles. The van der Waals surface area contributed by atoms with Crippen LogP contribution >= 0.6 is 0 Å². The third kappa shape index (κ3) is 2.82. The molecule has 0 bridgehead atoms. The SMILES string of the molecule is CCOc1ccc(-c2cc(-c3cccn3C)c(C#N)c(=O)[nH]2)cc1. The zero-order valence-electron chi connectivity index (χ0n) is 13.5. The first-order valence-electron chi connectivity index (χ1n) is 7.66. The number of rotatable bonds is 4. The van der Waals surface area contributed by atoms with Crippen molar-refractivity contribution in [2.45, 2.75) is 6.92 Å². The predicted molar refractivity (Wildman–Crippen MR) is 92.8 cm³/mol. The zero-order chi connectivity index (χ0) is 17.1. The van der Waals surface area contributed by atoms with Crippen LogP contribution in [0.15, 0.2) is 53.5 Å². The largest absolute Gasteiger partial charge is 0.494 e. The Morgan fingerprint density at radius 2 is 2.00 bits per heavy atom. The summed E-state index contributed by atoms with van der Waals surface area (Å²) in [4.78, 5) is 15.1. The van der Waals surface area contributed by atoms with Crippen molar-refractivity contribution in [2.24, 2.45) is 7.05 Å². The second-order valence-electron chi connectivity index (χ2n) is 5.37. The molecule has 0 aliphatic heterocycles. The van der Waals surface area contributed by atoms with Crippen molar-refractivity contribution in [1.29, 1.82) is 5.26 Å². The van der Waals surface area contributed by atoms with E-state index in [0.29, 0.717) is 17.9 Å². The van der Waals surface area contributed by atoms with Gasteiger partial charge in [-0.1, -0.05) is 0 Å². The van der Waals surface area contributed by atoms with E-state index >= 15 is 0 Å². The van der Waals surface area contributed by atoms with Crippen LogP contribution in [0.2, 0.25) is 0 Å². The maximum atomic E-state index is 12.3. The quantitative estimate of drug-likeness (QED) is 0.802. The summed E-state index contributed by atoms with van der Waals surface area (Å²) >= 11 is 0. The van der Waals surface area contributed by atoms with Crippen LogP contribution in [0.1, 0.15) is 12.5 Å². The fourth-order valence-electron chi connectivity index (χ4n) is 2.67. The molecule has 0 saturated carbocycles. The second kappa shape index (κ2) is 6.47. The lowest BCUT2D eigenvalue weighted by atomic mass is 10.0. The van der Waals surface area contributed by atoms with Gasteiger partial charge in [0.25, 0.3) is 5.56 Å². The molecular formula is C19H17N3O2. The maximum absolute atomic E-state index is 12.3. The summed E-state index contributed by atoms with van der Waals surface area (Å²) in [5.74, 6) is 0.778. The highest BCUT2D eigenvalue weighted by molar-refractivity contribution is 5.73. The number of benzene rings is 1. The Morgan fingerprint density at radius 1 is 1.25 bits per heavy atom. The van der Waals surface area contributed by atoms with Crippen LogP contribution in [0.25, 0.3) is 22.5 Å². The number of ether oxygens (including phenoxy) is 1. The number of nitriles is 1. The Kier molecular flexibility index (Phi) is 4.21. The standard InChI is InChI=1S/C19H17N3O2/c1-3-24-14-8-6-13(7-9-14)17-11-15(16(12-20)19(23)21-17)18-5-4-10-22(18)2/h4-11H,3H2,1-2H3,(H,21,23). The van der Waals surface area contributed by atoms with Crippen molar-refractivity contribution in [3.8, 4) is 34.3 Å². The van der Waals surface area contributed by atoms with Gasteiger partial charge in [0.05, 0.1) is 6.61 Å². The first-order valence-corrected chi connectivity index (χ1v) is 7.66. The predicted octanol–water partition coefficient (Wildman–Crippen LogP) is 3.32. The Balaban J connectivity index is 2.14. The third-order valence-electron chi connectivity index (χ3n) is 3.84. The third-order valence-corrected chi connectivity index (χ3v) is 3.84. The molecule has 5 nitrogen and oxygen atoms in total. The lowest BCUT2D eigenvalue weighted by Gasteiger charge is -2.10. The molecule has 1 N–H and O–H groups in total. The minimum Gasteiger partial charge on any atom is -0.494 e. The van der Waals surface area contributed by atoms with Crippen molar-refractivity contribution in [3.05, 3.63) is 64.6 Å². The molecule has 24 heavy (non-hydrogen) atoms. The molecule has 3 aromatic rings. The molecule has 0 fully saturated rings. The van der Waals surface area contributed by atoms with Gasteiger partial charge in [-0.2, -0.15) is 5.26 Å². The summed E-state index contributed by atoms with van der Waals surface area (Å²) in [5, 5.41) is 9.35. The monoisotopic (exact) mass is 319 g/mol. The summed E-state index contributed by atoms with van der Waals surface area (Å²) in [7, 11) is 1.88. The van der Waals surface area contributed by atoms with Crippen LogP contribution in [0.5, 0.6) is 5.75 Å². The van der Waals surface area contributed by atoms with Gasteiger partial charge in [-0.05, 0) is 55.0 Å². The molecule has 0 unspecified atom stereocenters. The Morgan fingerprint density at radius 3 is 2.58 bits per heavy atom. The van der Waals surface area contributed by atoms with E-state index in [1.54, 1.807) is 0 Å². The lowest BCUT2D eigenvalue weighted by Crippen LogP contribution is -2.13. The molecule has 0 aliphatic carbocycles. The molecule has 0 radical (unpaired) electrons. The van der Waals surface area contributed by atoms with Crippen molar-refractivity contribution in [2.75, 3.05) is 6.61 Å². The van der Waals surface area contributed by atoms with Crippen molar-refractivity contribution in [1.82, 2.24) is 9.55 Å². The first kappa shape index (κ1) is 15.6. The number of aryl methyl sites for hydroxylation is 1. The van der Waals surface area contributed by atoms with E-state index in [2.05, 4.69) is 4.98 Å².